The third-order valence-electron chi connectivity index (χ3n) is 3.66. The molecule has 1 fully saturated rings. The number of nitrogens with one attached hydrogen (secondary N) is 1. The normalized spacial score (nSPS) is 15.1. The molecule has 122 valence electrons. The highest BCUT2D eigenvalue weighted by Gasteiger charge is 2.17. The Kier molecular flexibility index (Phi) is 4.53. The average Bonchev–Trinajstić information content (AvgIpc) is 3.08. The number of benzene rings is 1. The second-order valence-electron chi connectivity index (χ2n) is 5.32. The fraction of sp³-hybridized carbons (Fsp3) is 0.333. The highest BCUT2D eigenvalue weighted by atomic mass is 32.2. The van der Waals surface area contributed by atoms with Gasteiger partial charge in [0.25, 0.3) is 0 Å². The van der Waals surface area contributed by atoms with Crippen LogP contribution in [0.3, 0.4) is 0 Å². The number of rotatable bonds is 5. The monoisotopic (exact) mass is 336 g/mol. The van der Waals surface area contributed by atoms with Crippen LogP contribution in [0, 0.1) is 5.82 Å². The Morgan fingerprint density at radius 1 is 1.13 bits per heavy atom. The highest BCUT2D eigenvalue weighted by molar-refractivity contribution is 7.89. The van der Waals surface area contributed by atoms with E-state index in [1.807, 2.05) is 0 Å². The molecule has 6 nitrogen and oxygen atoms in total. The van der Waals surface area contributed by atoms with E-state index in [0.717, 1.165) is 38.1 Å². The predicted octanol–water partition coefficient (Wildman–Crippen LogP) is 1.69. The van der Waals surface area contributed by atoms with Gasteiger partial charge in [0.15, 0.2) is 0 Å². The Morgan fingerprint density at radius 2 is 1.83 bits per heavy atom. The SMILES string of the molecule is O=S(=O)(NCc1ccnc(N2CCCC2)n1)c1ccc(F)cc1. The van der Waals surface area contributed by atoms with E-state index in [1.165, 1.54) is 12.1 Å². The first kappa shape index (κ1) is 15.8. The molecule has 1 aliphatic heterocycles. The molecule has 0 aliphatic carbocycles. The number of halogens is 1. The summed E-state index contributed by atoms with van der Waals surface area (Å²) in [6, 6.07) is 6.36. The van der Waals surface area contributed by atoms with Gasteiger partial charge in [-0.05, 0) is 43.2 Å². The molecule has 1 aromatic carbocycles. The largest absolute Gasteiger partial charge is 0.341 e. The summed E-state index contributed by atoms with van der Waals surface area (Å²) in [5.74, 6) is 0.149. The Morgan fingerprint density at radius 3 is 2.52 bits per heavy atom. The Hall–Kier alpha value is -2.06. The molecule has 0 atom stereocenters. The summed E-state index contributed by atoms with van der Waals surface area (Å²) < 4.78 is 39.7. The number of hydrogen-bond donors (Lipinski definition) is 1. The van der Waals surface area contributed by atoms with Gasteiger partial charge in [0.05, 0.1) is 17.1 Å². The van der Waals surface area contributed by atoms with Gasteiger partial charge in [-0.15, -0.1) is 0 Å². The minimum absolute atomic E-state index is 0.0210. The lowest BCUT2D eigenvalue weighted by Gasteiger charge is -2.15. The third kappa shape index (κ3) is 3.83. The van der Waals surface area contributed by atoms with Crippen molar-refractivity contribution in [3.63, 3.8) is 0 Å². The van der Waals surface area contributed by atoms with Crippen LogP contribution in [-0.2, 0) is 16.6 Å². The molecule has 2 aromatic rings. The third-order valence-corrected chi connectivity index (χ3v) is 5.07. The summed E-state index contributed by atoms with van der Waals surface area (Å²) in [4.78, 5) is 10.7. The van der Waals surface area contributed by atoms with Gasteiger partial charge in [0.2, 0.25) is 16.0 Å². The van der Waals surface area contributed by atoms with Crippen molar-refractivity contribution < 1.29 is 12.8 Å². The molecule has 0 unspecified atom stereocenters. The molecule has 1 N–H and O–H groups in total. The molecule has 1 aliphatic rings. The number of sulfonamides is 1. The topological polar surface area (TPSA) is 75.2 Å². The molecule has 3 rings (SSSR count). The maximum absolute atomic E-state index is 12.9. The summed E-state index contributed by atoms with van der Waals surface area (Å²) in [6.07, 6.45) is 3.86. The summed E-state index contributed by atoms with van der Waals surface area (Å²) in [6.45, 7) is 1.90. The Labute approximate surface area is 134 Å². The van der Waals surface area contributed by atoms with Crippen LogP contribution in [-0.4, -0.2) is 31.5 Å². The summed E-state index contributed by atoms with van der Waals surface area (Å²) in [5, 5.41) is 0. The standard InChI is InChI=1S/C15H17FN4O2S/c16-12-3-5-14(6-4-12)23(21,22)18-11-13-7-8-17-15(19-13)20-9-1-2-10-20/h3-8,18H,1-2,9-11H2. The van der Waals surface area contributed by atoms with Crippen LogP contribution in [0.25, 0.3) is 0 Å². The molecule has 1 saturated heterocycles. The van der Waals surface area contributed by atoms with Crippen LogP contribution in [0.2, 0.25) is 0 Å². The van der Waals surface area contributed by atoms with Crippen LogP contribution >= 0.6 is 0 Å². The molecule has 8 heteroatoms. The maximum atomic E-state index is 12.9. The fourth-order valence-corrected chi connectivity index (χ4v) is 3.42. The maximum Gasteiger partial charge on any atom is 0.240 e. The first-order valence-corrected chi connectivity index (χ1v) is 8.85. The van der Waals surface area contributed by atoms with E-state index in [-0.39, 0.29) is 11.4 Å². The van der Waals surface area contributed by atoms with Gasteiger partial charge in [-0.25, -0.2) is 27.5 Å². The number of hydrogen-bond acceptors (Lipinski definition) is 5. The molecule has 2 heterocycles. The summed E-state index contributed by atoms with van der Waals surface area (Å²) in [7, 11) is -3.70. The zero-order valence-corrected chi connectivity index (χ0v) is 13.3. The van der Waals surface area contributed by atoms with Crippen LogP contribution < -0.4 is 9.62 Å². The summed E-state index contributed by atoms with van der Waals surface area (Å²) in [5.41, 5.74) is 0.590. The second kappa shape index (κ2) is 6.59. The zero-order chi connectivity index (χ0) is 16.3. The molecule has 0 amide bonds. The van der Waals surface area contributed by atoms with Crippen molar-refractivity contribution in [3.05, 3.63) is 48.0 Å². The molecule has 0 saturated carbocycles. The zero-order valence-electron chi connectivity index (χ0n) is 12.4. The number of aromatic nitrogens is 2. The van der Waals surface area contributed by atoms with E-state index >= 15 is 0 Å². The van der Waals surface area contributed by atoms with Gasteiger partial charge < -0.3 is 4.90 Å². The fourth-order valence-electron chi connectivity index (χ4n) is 2.42. The van der Waals surface area contributed by atoms with Crippen LogP contribution in [0.1, 0.15) is 18.5 Å². The second-order valence-corrected chi connectivity index (χ2v) is 7.09. The average molecular weight is 336 g/mol. The minimum atomic E-state index is -3.70. The first-order chi connectivity index (χ1) is 11.0. The lowest BCUT2D eigenvalue weighted by atomic mass is 10.4. The van der Waals surface area contributed by atoms with Crippen molar-refractivity contribution in [1.82, 2.24) is 14.7 Å². The van der Waals surface area contributed by atoms with E-state index < -0.39 is 15.8 Å². The quantitative estimate of drug-likeness (QED) is 0.899. The van der Waals surface area contributed by atoms with Crippen molar-refractivity contribution in [2.45, 2.75) is 24.3 Å². The number of nitrogens with zero attached hydrogens (tertiary/aromatic N) is 3. The Balaban J connectivity index is 1.70. The predicted molar refractivity (Wildman–Crippen MR) is 83.9 cm³/mol. The number of anilines is 1. The van der Waals surface area contributed by atoms with E-state index in [2.05, 4.69) is 19.6 Å². The molecular weight excluding hydrogens is 319 g/mol. The highest BCUT2D eigenvalue weighted by Crippen LogP contribution is 2.15. The molecular formula is C15H17FN4O2S. The van der Waals surface area contributed by atoms with E-state index in [1.54, 1.807) is 12.3 Å². The van der Waals surface area contributed by atoms with Gasteiger partial charge in [0.1, 0.15) is 5.82 Å². The molecule has 0 bridgehead atoms. The van der Waals surface area contributed by atoms with Crippen molar-refractivity contribution >= 4 is 16.0 Å². The van der Waals surface area contributed by atoms with Gasteiger partial charge in [-0.1, -0.05) is 0 Å². The Bertz CT molecular complexity index is 774. The van der Waals surface area contributed by atoms with Crippen LogP contribution in [0.4, 0.5) is 10.3 Å². The van der Waals surface area contributed by atoms with Gasteiger partial charge in [-0.2, -0.15) is 0 Å². The lowest BCUT2D eigenvalue weighted by molar-refractivity contribution is 0.579. The van der Waals surface area contributed by atoms with Gasteiger partial charge >= 0.3 is 0 Å². The van der Waals surface area contributed by atoms with Crippen molar-refractivity contribution in [2.24, 2.45) is 0 Å². The smallest absolute Gasteiger partial charge is 0.240 e. The molecule has 1 aromatic heterocycles. The van der Waals surface area contributed by atoms with Crippen LogP contribution in [0.5, 0.6) is 0 Å². The van der Waals surface area contributed by atoms with Crippen molar-refractivity contribution in [1.29, 1.82) is 0 Å². The minimum Gasteiger partial charge on any atom is -0.341 e. The van der Waals surface area contributed by atoms with Crippen molar-refractivity contribution in [2.75, 3.05) is 18.0 Å². The van der Waals surface area contributed by atoms with E-state index in [9.17, 15) is 12.8 Å². The molecule has 0 spiro atoms. The van der Waals surface area contributed by atoms with E-state index in [0.29, 0.717) is 11.6 Å². The first-order valence-electron chi connectivity index (χ1n) is 7.37. The van der Waals surface area contributed by atoms with Crippen molar-refractivity contribution in [3.8, 4) is 0 Å². The van der Waals surface area contributed by atoms with Gasteiger partial charge in [-0.3, -0.25) is 0 Å². The van der Waals surface area contributed by atoms with Gasteiger partial charge in [0, 0.05) is 19.3 Å². The molecule has 0 radical (unpaired) electrons. The molecule has 23 heavy (non-hydrogen) atoms. The van der Waals surface area contributed by atoms with E-state index in [4.69, 9.17) is 0 Å². The summed E-state index contributed by atoms with van der Waals surface area (Å²) >= 11 is 0. The van der Waals surface area contributed by atoms with Crippen LogP contribution in [0.15, 0.2) is 41.4 Å². The lowest BCUT2D eigenvalue weighted by Crippen LogP contribution is -2.25.